The van der Waals surface area contributed by atoms with Crippen LogP contribution in [0, 0.1) is 0 Å². The summed E-state index contributed by atoms with van der Waals surface area (Å²) in [5, 5.41) is 4.67. The molecule has 2 aromatic heterocycles. The highest BCUT2D eigenvalue weighted by atomic mass is 35.5. The monoisotopic (exact) mass is 463 g/mol. The van der Waals surface area contributed by atoms with Gasteiger partial charge < -0.3 is 4.90 Å². The van der Waals surface area contributed by atoms with Gasteiger partial charge >= 0.3 is 6.18 Å². The molecule has 1 aliphatic carbocycles. The van der Waals surface area contributed by atoms with Gasteiger partial charge in [0.1, 0.15) is 5.69 Å². The van der Waals surface area contributed by atoms with E-state index in [-0.39, 0.29) is 23.2 Å². The number of nitrogens with zero attached hydrogens (tertiary/aromatic N) is 5. The SMILES string of the molecule is O=C(c1cc2nc(C3CC3)cc(C(F)(F)F)n2n1)N1CCN(Cc2cccc(Cl)c2)CC1. The number of alkyl halides is 3. The topological polar surface area (TPSA) is 53.7 Å². The third kappa shape index (κ3) is 4.31. The molecule has 2 aliphatic rings. The zero-order chi connectivity index (χ0) is 22.5. The van der Waals surface area contributed by atoms with E-state index in [4.69, 9.17) is 11.6 Å². The summed E-state index contributed by atoms with van der Waals surface area (Å²) in [6.45, 7) is 2.98. The van der Waals surface area contributed by atoms with Crippen molar-refractivity contribution in [3.05, 3.63) is 64.1 Å². The maximum Gasteiger partial charge on any atom is 0.433 e. The molecular formula is C22H21ClF3N5O. The fourth-order valence-electron chi connectivity index (χ4n) is 4.05. The first-order valence-electron chi connectivity index (χ1n) is 10.5. The molecule has 0 spiro atoms. The summed E-state index contributed by atoms with van der Waals surface area (Å²) in [7, 11) is 0. The van der Waals surface area contributed by atoms with Crippen molar-refractivity contribution in [3.8, 4) is 0 Å². The predicted molar refractivity (Wildman–Crippen MR) is 113 cm³/mol. The van der Waals surface area contributed by atoms with E-state index in [9.17, 15) is 18.0 Å². The highest BCUT2D eigenvalue weighted by molar-refractivity contribution is 6.30. The number of hydrogen-bond acceptors (Lipinski definition) is 4. The Morgan fingerprint density at radius 2 is 1.84 bits per heavy atom. The van der Waals surface area contributed by atoms with Crippen LogP contribution in [0.2, 0.25) is 5.02 Å². The van der Waals surface area contributed by atoms with Crippen LogP contribution in [0.1, 0.15) is 46.2 Å². The highest BCUT2D eigenvalue weighted by Gasteiger charge is 2.38. The van der Waals surface area contributed by atoms with Gasteiger partial charge in [0.15, 0.2) is 11.3 Å². The molecule has 2 fully saturated rings. The number of carbonyl (C=O) groups excluding carboxylic acids is 1. The summed E-state index contributed by atoms with van der Waals surface area (Å²) in [5.41, 5.74) is 0.659. The molecule has 1 amide bonds. The number of piperazine rings is 1. The molecule has 5 rings (SSSR count). The van der Waals surface area contributed by atoms with E-state index in [1.54, 1.807) is 4.90 Å². The second-order valence-electron chi connectivity index (χ2n) is 8.34. The van der Waals surface area contributed by atoms with Gasteiger partial charge in [0.2, 0.25) is 0 Å². The number of amides is 1. The fourth-order valence-corrected chi connectivity index (χ4v) is 4.27. The Morgan fingerprint density at radius 3 is 2.50 bits per heavy atom. The number of hydrogen-bond donors (Lipinski definition) is 0. The first kappa shape index (κ1) is 21.2. The van der Waals surface area contributed by atoms with Crippen molar-refractivity contribution in [2.24, 2.45) is 0 Å². The van der Waals surface area contributed by atoms with E-state index in [1.165, 1.54) is 6.07 Å². The van der Waals surface area contributed by atoms with Crippen molar-refractivity contribution in [2.75, 3.05) is 26.2 Å². The van der Waals surface area contributed by atoms with E-state index in [2.05, 4.69) is 15.0 Å². The summed E-state index contributed by atoms with van der Waals surface area (Å²) in [6, 6.07) is 10.1. The summed E-state index contributed by atoms with van der Waals surface area (Å²) in [4.78, 5) is 21.2. The van der Waals surface area contributed by atoms with Gasteiger partial charge in [-0.05, 0) is 36.6 Å². The maximum absolute atomic E-state index is 13.6. The Bertz CT molecular complexity index is 1170. The van der Waals surface area contributed by atoms with Crippen molar-refractivity contribution < 1.29 is 18.0 Å². The zero-order valence-corrected chi connectivity index (χ0v) is 17.9. The first-order valence-corrected chi connectivity index (χ1v) is 10.9. The maximum atomic E-state index is 13.6. The largest absolute Gasteiger partial charge is 0.433 e. The zero-order valence-electron chi connectivity index (χ0n) is 17.1. The van der Waals surface area contributed by atoms with E-state index in [0.29, 0.717) is 36.9 Å². The van der Waals surface area contributed by atoms with Crippen LogP contribution in [0.3, 0.4) is 0 Å². The second-order valence-corrected chi connectivity index (χ2v) is 8.77. The molecule has 1 aromatic carbocycles. The molecule has 0 bridgehead atoms. The van der Waals surface area contributed by atoms with Gasteiger partial charge in [-0.3, -0.25) is 9.69 Å². The van der Waals surface area contributed by atoms with Crippen LogP contribution in [0.15, 0.2) is 36.4 Å². The van der Waals surface area contributed by atoms with Crippen LogP contribution in [-0.4, -0.2) is 56.5 Å². The molecule has 1 saturated heterocycles. The smallest absolute Gasteiger partial charge is 0.335 e. The number of halogens is 4. The number of benzene rings is 1. The van der Waals surface area contributed by atoms with Crippen LogP contribution in [0.5, 0.6) is 0 Å². The molecule has 1 saturated carbocycles. The quantitative estimate of drug-likeness (QED) is 0.581. The summed E-state index contributed by atoms with van der Waals surface area (Å²) < 4.78 is 41.5. The number of carbonyl (C=O) groups is 1. The molecular weight excluding hydrogens is 443 g/mol. The lowest BCUT2D eigenvalue weighted by Crippen LogP contribution is -2.48. The Labute approximate surface area is 187 Å². The van der Waals surface area contributed by atoms with Gasteiger partial charge in [0, 0.05) is 55.4 Å². The average molecular weight is 464 g/mol. The van der Waals surface area contributed by atoms with Crippen molar-refractivity contribution >= 4 is 23.2 Å². The Balaban J connectivity index is 1.32. The van der Waals surface area contributed by atoms with E-state index >= 15 is 0 Å². The van der Waals surface area contributed by atoms with E-state index in [1.807, 2.05) is 24.3 Å². The molecule has 0 atom stereocenters. The fraction of sp³-hybridized carbons (Fsp3) is 0.409. The summed E-state index contributed by atoms with van der Waals surface area (Å²) in [5.74, 6) is -0.318. The average Bonchev–Trinajstić information content (AvgIpc) is 3.51. The molecule has 0 N–H and O–H groups in total. The second kappa shape index (κ2) is 8.04. The van der Waals surface area contributed by atoms with Gasteiger partial charge in [-0.25, -0.2) is 9.50 Å². The standard InChI is InChI=1S/C22H21ClF3N5O/c23-16-3-1-2-14(10-16)13-29-6-8-30(9-7-29)21(32)18-12-20-27-17(15-4-5-15)11-19(22(24,25)26)31(20)28-18/h1-3,10-12,15H,4-9,13H2. The lowest BCUT2D eigenvalue weighted by atomic mass is 10.2. The predicted octanol–water partition coefficient (Wildman–Crippen LogP) is 4.24. The van der Waals surface area contributed by atoms with Crippen LogP contribution in [0.25, 0.3) is 5.65 Å². The summed E-state index contributed by atoms with van der Waals surface area (Å²) in [6.07, 6.45) is -2.91. The number of rotatable bonds is 4. The van der Waals surface area contributed by atoms with Crippen LogP contribution in [-0.2, 0) is 12.7 Å². The molecule has 0 unspecified atom stereocenters. The van der Waals surface area contributed by atoms with Crippen LogP contribution >= 0.6 is 11.6 Å². The van der Waals surface area contributed by atoms with E-state index < -0.39 is 11.9 Å². The minimum absolute atomic E-state index is 0.0146. The lowest BCUT2D eigenvalue weighted by Gasteiger charge is -2.34. The van der Waals surface area contributed by atoms with Crippen molar-refractivity contribution in [3.63, 3.8) is 0 Å². The molecule has 168 valence electrons. The molecule has 10 heteroatoms. The van der Waals surface area contributed by atoms with Gasteiger partial charge in [-0.15, -0.1) is 0 Å². The normalized spacial score (nSPS) is 17.8. The van der Waals surface area contributed by atoms with Crippen LogP contribution in [0.4, 0.5) is 13.2 Å². The van der Waals surface area contributed by atoms with Gasteiger partial charge in [0.05, 0.1) is 0 Å². The number of aromatic nitrogens is 3. The van der Waals surface area contributed by atoms with Gasteiger partial charge in [0.25, 0.3) is 5.91 Å². The minimum Gasteiger partial charge on any atom is -0.335 e. The Hall–Kier alpha value is -2.65. The lowest BCUT2D eigenvalue weighted by molar-refractivity contribution is -0.142. The highest BCUT2D eigenvalue weighted by Crippen LogP contribution is 2.41. The van der Waals surface area contributed by atoms with Crippen molar-refractivity contribution in [1.82, 2.24) is 24.4 Å². The molecule has 1 aliphatic heterocycles. The molecule has 3 aromatic rings. The first-order chi connectivity index (χ1) is 15.3. The van der Waals surface area contributed by atoms with Crippen molar-refractivity contribution in [1.29, 1.82) is 0 Å². The molecule has 0 radical (unpaired) electrons. The van der Waals surface area contributed by atoms with E-state index in [0.717, 1.165) is 35.5 Å². The molecule has 32 heavy (non-hydrogen) atoms. The third-order valence-corrected chi connectivity index (χ3v) is 6.14. The molecule has 6 nitrogen and oxygen atoms in total. The minimum atomic E-state index is -4.58. The van der Waals surface area contributed by atoms with Crippen LogP contribution < -0.4 is 0 Å². The third-order valence-electron chi connectivity index (χ3n) is 5.91. The Morgan fingerprint density at radius 1 is 1.09 bits per heavy atom. The molecule has 3 heterocycles. The van der Waals surface area contributed by atoms with Gasteiger partial charge in [-0.1, -0.05) is 23.7 Å². The van der Waals surface area contributed by atoms with Gasteiger partial charge in [-0.2, -0.15) is 18.3 Å². The number of fused-ring (bicyclic) bond motifs is 1. The van der Waals surface area contributed by atoms with Crippen molar-refractivity contribution in [2.45, 2.75) is 31.5 Å². The Kier molecular flexibility index (Phi) is 5.33. The summed E-state index contributed by atoms with van der Waals surface area (Å²) >= 11 is 6.04.